The lowest BCUT2D eigenvalue weighted by Crippen LogP contribution is -2.34. The lowest BCUT2D eigenvalue weighted by molar-refractivity contribution is -0.140. The van der Waals surface area contributed by atoms with Gasteiger partial charge in [0.2, 0.25) is 17.7 Å². The van der Waals surface area contributed by atoms with E-state index >= 15 is 0 Å². The molecule has 118 valence electrons. The summed E-state index contributed by atoms with van der Waals surface area (Å²) in [5.74, 6) is -9.04. The first kappa shape index (κ1) is 16.0. The van der Waals surface area contributed by atoms with E-state index in [2.05, 4.69) is 0 Å². The number of rotatable bonds is 3. The number of hydrogen-bond donors (Lipinski definition) is 1. The SMILES string of the molecule is CCN1C(=O)C(C)C(C(=O)Nc2ccc(F)c(F)c2F)C1=O. The fraction of sp³-hybridized carbons (Fsp3) is 0.357. The number of amides is 3. The molecule has 0 aromatic heterocycles. The van der Waals surface area contributed by atoms with Crippen molar-refractivity contribution in [3.63, 3.8) is 0 Å². The smallest absolute Gasteiger partial charge is 0.242 e. The number of carbonyl (C=O) groups excluding carboxylic acids is 3. The first-order chi connectivity index (χ1) is 10.3. The van der Waals surface area contributed by atoms with Crippen molar-refractivity contribution in [3.8, 4) is 0 Å². The third kappa shape index (κ3) is 2.44. The minimum Gasteiger partial charge on any atom is -0.323 e. The number of anilines is 1. The number of benzene rings is 1. The number of hydrogen-bond acceptors (Lipinski definition) is 3. The molecule has 1 heterocycles. The summed E-state index contributed by atoms with van der Waals surface area (Å²) in [5.41, 5.74) is -0.591. The third-order valence-corrected chi connectivity index (χ3v) is 3.58. The summed E-state index contributed by atoms with van der Waals surface area (Å²) in [6, 6.07) is 1.49. The van der Waals surface area contributed by atoms with Crippen molar-refractivity contribution < 1.29 is 27.6 Å². The molecule has 0 bridgehead atoms. The highest BCUT2D eigenvalue weighted by atomic mass is 19.2. The van der Waals surface area contributed by atoms with Crippen LogP contribution in [0.25, 0.3) is 0 Å². The summed E-state index contributed by atoms with van der Waals surface area (Å²) in [4.78, 5) is 36.9. The molecule has 22 heavy (non-hydrogen) atoms. The molecule has 1 saturated heterocycles. The molecule has 3 amide bonds. The Labute approximate surface area is 124 Å². The van der Waals surface area contributed by atoms with Crippen molar-refractivity contribution >= 4 is 23.4 Å². The maximum absolute atomic E-state index is 13.5. The van der Waals surface area contributed by atoms with Crippen molar-refractivity contribution in [3.05, 3.63) is 29.6 Å². The van der Waals surface area contributed by atoms with Crippen LogP contribution >= 0.6 is 0 Å². The van der Waals surface area contributed by atoms with Crippen LogP contribution in [0.3, 0.4) is 0 Å². The molecule has 1 aliphatic heterocycles. The number of likely N-dealkylation sites (tertiary alicyclic amines) is 1. The largest absolute Gasteiger partial charge is 0.323 e. The molecular formula is C14H13F3N2O3. The third-order valence-electron chi connectivity index (χ3n) is 3.58. The Bertz CT molecular complexity index is 663. The summed E-state index contributed by atoms with van der Waals surface area (Å²) in [6.45, 7) is 3.10. The van der Waals surface area contributed by atoms with Crippen LogP contribution in [-0.2, 0) is 14.4 Å². The molecule has 2 unspecified atom stereocenters. The number of carbonyl (C=O) groups is 3. The van der Waals surface area contributed by atoms with Crippen LogP contribution in [0, 0.1) is 29.3 Å². The molecular weight excluding hydrogens is 301 g/mol. The monoisotopic (exact) mass is 314 g/mol. The molecule has 0 spiro atoms. The lowest BCUT2D eigenvalue weighted by atomic mass is 9.96. The normalized spacial score (nSPS) is 21.4. The highest BCUT2D eigenvalue weighted by Crippen LogP contribution is 2.28. The predicted molar refractivity (Wildman–Crippen MR) is 70.0 cm³/mol. The Morgan fingerprint density at radius 3 is 2.36 bits per heavy atom. The highest BCUT2D eigenvalue weighted by Gasteiger charge is 2.48. The summed E-state index contributed by atoms with van der Waals surface area (Å²) in [7, 11) is 0. The van der Waals surface area contributed by atoms with E-state index in [9.17, 15) is 27.6 Å². The van der Waals surface area contributed by atoms with Crippen LogP contribution in [0.4, 0.5) is 18.9 Å². The molecule has 1 aromatic carbocycles. The van der Waals surface area contributed by atoms with E-state index in [1.165, 1.54) is 6.92 Å². The van der Waals surface area contributed by atoms with Crippen LogP contribution in [0.5, 0.6) is 0 Å². The van der Waals surface area contributed by atoms with Gasteiger partial charge in [-0.25, -0.2) is 13.2 Å². The van der Waals surface area contributed by atoms with Gasteiger partial charge in [-0.3, -0.25) is 19.3 Å². The van der Waals surface area contributed by atoms with E-state index < -0.39 is 52.7 Å². The minimum atomic E-state index is -1.73. The zero-order chi connectivity index (χ0) is 16.6. The fourth-order valence-electron chi connectivity index (χ4n) is 2.36. The van der Waals surface area contributed by atoms with Gasteiger partial charge in [-0.2, -0.15) is 0 Å². The van der Waals surface area contributed by atoms with Crippen LogP contribution < -0.4 is 5.32 Å². The van der Waals surface area contributed by atoms with Gasteiger partial charge in [0.15, 0.2) is 17.5 Å². The van der Waals surface area contributed by atoms with E-state index in [0.29, 0.717) is 6.07 Å². The molecule has 2 rings (SSSR count). The Morgan fingerprint density at radius 2 is 1.82 bits per heavy atom. The van der Waals surface area contributed by atoms with Crippen LogP contribution in [0.2, 0.25) is 0 Å². The average molecular weight is 314 g/mol. The van der Waals surface area contributed by atoms with Gasteiger partial charge in [-0.05, 0) is 19.1 Å². The second-order valence-corrected chi connectivity index (χ2v) is 4.90. The molecule has 0 radical (unpaired) electrons. The first-order valence-electron chi connectivity index (χ1n) is 6.59. The van der Waals surface area contributed by atoms with E-state index in [1.807, 2.05) is 5.32 Å². The van der Waals surface area contributed by atoms with Crippen LogP contribution in [0.15, 0.2) is 12.1 Å². The molecule has 5 nitrogen and oxygen atoms in total. The van der Waals surface area contributed by atoms with Crippen molar-refractivity contribution in [1.82, 2.24) is 4.90 Å². The Hall–Kier alpha value is -2.38. The summed E-state index contributed by atoms with van der Waals surface area (Å²) >= 11 is 0. The first-order valence-corrected chi connectivity index (χ1v) is 6.59. The standard InChI is InChI=1S/C14H13F3N2O3/c1-3-19-13(21)6(2)9(14(19)22)12(20)18-8-5-4-7(15)10(16)11(8)17/h4-6,9H,3H2,1-2H3,(H,18,20). The fourth-order valence-corrected chi connectivity index (χ4v) is 2.36. The van der Waals surface area contributed by atoms with E-state index in [1.54, 1.807) is 6.92 Å². The second kappa shape index (κ2) is 5.78. The van der Waals surface area contributed by atoms with E-state index in [0.717, 1.165) is 11.0 Å². The summed E-state index contributed by atoms with van der Waals surface area (Å²) in [6.07, 6.45) is 0. The van der Waals surface area contributed by atoms with Gasteiger partial charge >= 0.3 is 0 Å². The van der Waals surface area contributed by atoms with Crippen molar-refractivity contribution in [2.75, 3.05) is 11.9 Å². The van der Waals surface area contributed by atoms with Crippen molar-refractivity contribution in [2.45, 2.75) is 13.8 Å². The number of halogens is 3. The van der Waals surface area contributed by atoms with Crippen LogP contribution in [-0.4, -0.2) is 29.2 Å². The molecule has 1 aromatic rings. The number of nitrogens with zero attached hydrogens (tertiary/aromatic N) is 1. The zero-order valence-electron chi connectivity index (χ0n) is 11.8. The van der Waals surface area contributed by atoms with E-state index in [4.69, 9.17) is 0 Å². The number of nitrogens with one attached hydrogen (secondary N) is 1. The summed E-state index contributed by atoms with van der Waals surface area (Å²) < 4.78 is 39.5. The van der Waals surface area contributed by atoms with E-state index in [-0.39, 0.29) is 6.54 Å². The molecule has 2 atom stereocenters. The number of imide groups is 1. The Morgan fingerprint density at radius 1 is 1.18 bits per heavy atom. The average Bonchev–Trinajstić information content (AvgIpc) is 2.69. The van der Waals surface area contributed by atoms with Gasteiger partial charge < -0.3 is 5.32 Å². The minimum absolute atomic E-state index is 0.116. The van der Waals surface area contributed by atoms with Gasteiger partial charge in [-0.15, -0.1) is 0 Å². The summed E-state index contributed by atoms with van der Waals surface area (Å²) in [5, 5.41) is 2.03. The lowest BCUT2D eigenvalue weighted by Gasteiger charge is -2.13. The molecule has 1 fully saturated rings. The highest BCUT2D eigenvalue weighted by molar-refractivity contribution is 6.17. The van der Waals surface area contributed by atoms with Gasteiger partial charge in [0.1, 0.15) is 5.92 Å². The van der Waals surface area contributed by atoms with Gasteiger partial charge in [0.05, 0.1) is 11.6 Å². The maximum atomic E-state index is 13.5. The quantitative estimate of drug-likeness (QED) is 0.524. The van der Waals surface area contributed by atoms with Gasteiger partial charge in [-0.1, -0.05) is 6.92 Å². The zero-order valence-corrected chi connectivity index (χ0v) is 11.8. The topological polar surface area (TPSA) is 66.5 Å². The van der Waals surface area contributed by atoms with Crippen molar-refractivity contribution in [1.29, 1.82) is 0 Å². The molecule has 8 heteroatoms. The molecule has 0 aliphatic carbocycles. The second-order valence-electron chi connectivity index (χ2n) is 4.90. The Balaban J connectivity index is 2.25. The van der Waals surface area contributed by atoms with Gasteiger partial charge in [0.25, 0.3) is 0 Å². The maximum Gasteiger partial charge on any atom is 0.242 e. The van der Waals surface area contributed by atoms with Crippen LogP contribution in [0.1, 0.15) is 13.8 Å². The predicted octanol–water partition coefficient (Wildman–Crippen LogP) is 1.68. The molecule has 0 saturated carbocycles. The Kier molecular flexibility index (Phi) is 4.20. The van der Waals surface area contributed by atoms with Crippen molar-refractivity contribution in [2.24, 2.45) is 11.8 Å². The molecule has 1 N–H and O–H groups in total. The molecule has 1 aliphatic rings. The van der Waals surface area contributed by atoms with Gasteiger partial charge in [0, 0.05) is 6.54 Å².